The highest BCUT2D eigenvalue weighted by atomic mass is 35.5. The molecule has 0 radical (unpaired) electrons. The molecule has 0 bridgehead atoms. The molecular formula is C18H11Cl2FO2. The molecular weight excluding hydrogens is 338 g/mol. The van der Waals surface area contributed by atoms with Crippen LogP contribution in [0.4, 0.5) is 4.39 Å². The lowest BCUT2D eigenvalue weighted by Gasteiger charge is -2.10. The van der Waals surface area contributed by atoms with Crippen molar-refractivity contribution < 1.29 is 13.9 Å². The summed E-state index contributed by atoms with van der Waals surface area (Å²) in [6, 6.07) is 14.9. The van der Waals surface area contributed by atoms with Crippen molar-refractivity contribution in [1.29, 1.82) is 0 Å². The normalized spacial score (nSPS) is 10.7. The van der Waals surface area contributed by atoms with Gasteiger partial charge in [0.2, 0.25) is 0 Å². The molecule has 23 heavy (non-hydrogen) atoms. The van der Waals surface area contributed by atoms with Crippen LogP contribution in [0.2, 0.25) is 10.0 Å². The summed E-state index contributed by atoms with van der Waals surface area (Å²) in [4.78, 5) is 12.1. The topological polar surface area (TPSA) is 26.3 Å². The van der Waals surface area contributed by atoms with E-state index in [1.807, 2.05) is 18.2 Å². The molecule has 0 unspecified atom stereocenters. The van der Waals surface area contributed by atoms with Crippen LogP contribution in [0.25, 0.3) is 10.8 Å². The van der Waals surface area contributed by atoms with E-state index in [2.05, 4.69) is 0 Å². The van der Waals surface area contributed by atoms with Crippen LogP contribution in [0.5, 0.6) is 5.75 Å². The standard InChI is InChI=1S/C18H11Cl2FO2/c19-14-6-3-7-16(21)13(14)10-18(22)23-17-9-8-15(20)11-4-1-2-5-12(11)17/h1-9H,10H2. The number of hydrogen-bond acceptors (Lipinski definition) is 2. The molecule has 0 amide bonds. The van der Waals surface area contributed by atoms with E-state index in [1.54, 1.807) is 18.2 Å². The molecule has 0 aromatic heterocycles. The monoisotopic (exact) mass is 348 g/mol. The summed E-state index contributed by atoms with van der Waals surface area (Å²) in [5.74, 6) is -0.748. The highest BCUT2D eigenvalue weighted by Crippen LogP contribution is 2.31. The zero-order valence-corrected chi connectivity index (χ0v) is 13.4. The number of carbonyl (C=O) groups excluding carboxylic acids is 1. The van der Waals surface area contributed by atoms with Crippen LogP contribution in [0.3, 0.4) is 0 Å². The lowest BCUT2D eigenvalue weighted by Crippen LogP contribution is -2.13. The van der Waals surface area contributed by atoms with Crippen molar-refractivity contribution in [2.45, 2.75) is 6.42 Å². The average Bonchev–Trinajstić information content (AvgIpc) is 2.54. The SMILES string of the molecule is O=C(Cc1c(F)cccc1Cl)Oc1ccc(Cl)c2ccccc12. The average molecular weight is 349 g/mol. The zero-order valence-electron chi connectivity index (χ0n) is 11.9. The Kier molecular flexibility index (Phi) is 4.51. The number of fused-ring (bicyclic) bond motifs is 1. The Balaban J connectivity index is 1.88. The van der Waals surface area contributed by atoms with Crippen molar-refractivity contribution >= 4 is 39.9 Å². The Labute approximate surface area is 142 Å². The van der Waals surface area contributed by atoms with Crippen molar-refractivity contribution in [3.8, 4) is 5.75 Å². The fourth-order valence-electron chi connectivity index (χ4n) is 2.33. The summed E-state index contributed by atoms with van der Waals surface area (Å²) < 4.78 is 19.1. The van der Waals surface area contributed by atoms with Gasteiger partial charge in [0.1, 0.15) is 11.6 Å². The van der Waals surface area contributed by atoms with Crippen LogP contribution in [0, 0.1) is 5.82 Å². The molecule has 0 aliphatic heterocycles. The number of rotatable bonds is 3. The number of halogens is 3. The molecule has 3 aromatic rings. The molecule has 0 aliphatic carbocycles. The van der Waals surface area contributed by atoms with Gasteiger partial charge in [-0.05, 0) is 24.3 Å². The zero-order chi connectivity index (χ0) is 16.4. The van der Waals surface area contributed by atoms with Crippen LogP contribution in [-0.2, 0) is 11.2 Å². The lowest BCUT2D eigenvalue weighted by atomic mass is 10.1. The van der Waals surface area contributed by atoms with E-state index in [0.29, 0.717) is 16.2 Å². The van der Waals surface area contributed by atoms with E-state index in [0.717, 1.165) is 5.39 Å². The first kappa shape index (κ1) is 15.8. The highest BCUT2D eigenvalue weighted by molar-refractivity contribution is 6.35. The van der Waals surface area contributed by atoms with Crippen LogP contribution >= 0.6 is 23.2 Å². The maximum Gasteiger partial charge on any atom is 0.315 e. The third-order valence-corrected chi connectivity index (χ3v) is 4.12. The minimum absolute atomic E-state index is 0.123. The molecule has 0 spiro atoms. The molecule has 0 saturated heterocycles. The summed E-state index contributed by atoms with van der Waals surface area (Å²) in [6.45, 7) is 0. The molecule has 0 saturated carbocycles. The first-order valence-corrected chi connectivity index (χ1v) is 7.62. The van der Waals surface area contributed by atoms with E-state index in [9.17, 15) is 9.18 Å². The van der Waals surface area contributed by atoms with Crippen LogP contribution < -0.4 is 4.74 Å². The van der Waals surface area contributed by atoms with Gasteiger partial charge in [-0.3, -0.25) is 4.79 Å². The van der Waals surface area contributed by atoms with Gasteiger partial charge in [-0.15, -0.1) is 0 Å². The Morgan fingerprint density at radius 1 is 0.913 bits per heavy atom. The number of hydrogen-bond donors (Lipinski definition) is 0. The molecule has 3 aromatic carbocycles. The van der Waals surface area contributed by atoms with Crippen molar-refractivity contribution in [2.75, 3.05) is 0 Å². The number of carbonyl (C=O) groups is 1. The third-order valence-electron chi connectivity index (χ3n) is 3.44. The Morgan fingerprint density at radius 2 is 1.65 bits per heavy atom. The smallest absolute Gasteiger partial charge is 0.315 e. The first-order chi connectivity index (χ1) is 11.1. The minimum Gasteiger partial charge on any atom is -0.426 e. The maximum absolute atomic E-state index is 13.7. The maximum atomic E-state index is 13.7. The van der Waals surface area contributed by atoms with Gasteiger partial charge in [-0.1, -0.05) is 53.5 Å². The van der Waals surface area contributed by atoms with Crippen molar-refractivity contribution in [2.24, 2.45) is 0 Å². The van der Waals surface area contributed by atoms with Gasteiger partial charge >= 0.3 is 5.97 Å². The second-order valence-electron chi connectivity index (χ2n) is 4.94. The Hall–Kier alpha value is -2.10. The summed E-state index contributed by atoms with van der Waals surface area (Å²) >= 11 is 12.1. The summed E-state index contributed by atoms with van der Waals surface area (Å²) in [7, 11) is 0. The van der Waals surface area contributed by atoms with E-state index < -0.39 is 11.8 Å². The van der Waals surface area contributed by atoms with Crippen molar-refractivity contribution in [3.05, 3.63) is 76.0 Å². The number of ether oxygens (including phenoxy) is 1. The fourth-order valence-corrected chi connectivity index (χ4v) is 2.79. The number of benzene rings is 3. The summed E-state index contributed by atoms with van der Waals surface area (Å²) in [6.07, 6.45) is -0.248. The molecule has 2 nitrogen and oxygen atoms in total. The summed E-state index contributed by atoms with van der Waals surface area (Å²) in [5, 5.41) is 2.26. The molecule has 0 N–H and O–H groups in total. The Morgan fingerprint density at radius 3 is 2.39 bits per heavy atom. The predicted molar refractivity (Wildman–Crippen MR) is 89.7 cm³/mol. The van der Waals surface area contributed by atoms with Crippen LogP contribution in [-0.4, -0.2) is 5.97 Å². The molecule has 0 heterocycles. The molecule has 0 fully saturated rings. The Bertz CT molecular complexity index is 873. The minimum atomic E-state index is -0.593. The van der Waals surface area contributed by atoms with Gasteiger partial charge < -0.3 is 4.74 Å². The van der Waals surface area contributed by atoms with Gasteiger partial charge in [-0.25, -0.2) is 4.39 Å². The molecule has 3 rings (SSSR count). The van der Waals surface area contributed by atoms with Gasteiger partial charge in [0, 0.05) is 26.4 Å². The van der Waals surface area contributed by atoms with Crippen LogP contribution in [0.1, 0.15) is 5.56 Å². The lowest BCUT2D eigenvalue weighted by molar-refractivity contribution is -0.133. The molecule has 0 atom stereocenters. The second-order valence-corrected chi connectivity index (χ2v) is 5.76. The van der Waals surface area contributed by atoms with E-state index in [-0.39, 0.29) is 17.0 Å². The van der Waals surface area contributed by atoms with Gasteiger partial charge in [-0.2, -0.15) is 0 Å². The second kappa shape index (κ2) is 6.57. The summed E-state index contributed by atoms with van der Waals surface area (Å²) in [5.41, 5.74) is 0.123. The van der Waals surface area contributed by atoms with Crippen LogP contribution in [0.15, 0.2) is 54.6 Å². The molecule has 5 heteroatoms. The quantitative estimate of drug-likeness (QED) is 0.465. The molecule has 0 aliphatic rings. The molecule has 116 valence electrons. The van der Waals surface area contributed by atoms with E-state index in [4.69, 9.17) is 27.9 Å². The largest absolute Gasteiger partial charge is 0.426 e. The fraction of sp³-hybridized carbons (Fsp3) is 0.0556. The first-order valence-electron chi connectivity index (χ1n) is 6.87. The van der Waals surface area contributed by atoms with E-state index >= 15 is 0 Å². The predicted octanol–water partition coefficient (Wildman–Crippen LogP) is 5.43. The third kappa shape index (κ3) is 3.31. The van der Waals surface area contributed by atoms with Crippen molar-refractivity contribution in [3.63, 3.8) is 0 Å². The highest BCUT2D eigenvalue weighted by Gasteiger charge is 2.15. The van der Waals surface area contributed by atoms with Gasteiger partial charge in [0.15, 0.2) is 0 Å². The van der Waals surface area contributed by atoms with Gasteiger partial charge in [0.05, 0.1) is 6.42 Å². The van der Waals surface area contributed by atoms with Gasteiger partial charge in [0.25, 0.3) is 0 Å². The van der Waals surface area contributed by atoms with Crippen molar-refractivity contribution in [1.82, 2.24) is 0 Å². The van der Waals surface area contributed by atoms with E-state index in [1.165, 1.54) is 18.2 Å². The number of esters is 1.